The molecule has 192 valence electrons. The van der Waals surface area contributed by atoms with Gasteiger partial charge in [-0.05, 0) is 60.2 Å². The summed E-state index contributed by atoms with van der Waals surface area (Å²) in [6, 6.07) is 29.8. The van der Waals surface area contributed by atoms with Gasteiger partial charge in [0.25, 0.3) is 5.91 Å². The minimum absolute atomic E-state index is 0.0864. The van der Waals surface area contributed by atoms with Crippen molar-refractivity contribution in [1.82, 2.24) is 0 Å². The second-order valence-corrected chi connectivity index (χ2v) is 9.66. The third-order valence-corrected chi connectivity index (χ3v) is 6.91. The fraction of sp³-hybridized carbons (Fsp3) is 0.0690. The normalized spacial score (nSPS) is 11.3. The zero-order valence-electron chi connectivity index (χ0n) is 20.0. The molecule has 0 radical (unpaired) electrons. The molecule has 1 atom stereocenters. The van der Waals surface area contributed by atoms with Gasteiger partial charge in [0.2, 0.25) is 5.91 Å². The quantitative estimate of drug-likeness (QED) is 0.195. The summed E-state index contributed by atoms with van der Waals surface area (Å²) in [5.41, 5.74) is 1.60. The SMILES string of the molecule is O=C(COc1ccccc1)Nc1ccc(SC(C(=O)Nc2ccc(Cl)c(C(=O)O)c2)c2ccccc2)cc1. The second-order valence-electron chi connectivity index (χ2n) is 8.07. The van der Waals surface area contributed by atoms with Crippen LogP contribution in [-0.4, -0.2) is 29.5 Å². The fourth-order valence-electron chi connectivity index (χ4n) is 3.49. The van der Waals surface area contributed by atoms with E-state index in [0.717, 1.165) is 10.5 Å². The molecule has 3 N–H and O–H groups in total. The van der Waals surface area contributed by atoms with Crippen LogP contribution < -0.4 is 15.4 Å². The number of rotatable bonds is 10. The van der Waals surface area contributed by atoms with Crippen LogP contribution in [0.25, 0.3) is 0 Å². The van der Waals surface area contributed by atoms with Gasteiger partial charge in [-0.2, -0.15) is 0 Å². The highest BCUT2D eigenvalue weighted by molar-refractivity contribution is 8.00. The van der Waals surface area contributed by atoms with Gasteiger partial charge in [-0.25, -0.2) is 4.79 Å². The molecule has 4 aromatic carbocycles. The molecular weight excluding hydrogens is 524 g/mol. The Labute approximate surface area is 228 Å². The van der Waals surface area contributed by atoms with E-state index in [1.165, 1.54) is 23.9 Å². The molecule has 9 heteroatoms. The molecule has 0 saturated carbocycles. The van der Waals surface area contributed by atoms with E-state index < -0.39 is 11.2 Å². The topological polar surface area (TPSA) is 105 Å². The molecule has 0 aliphatic rings. The summed E-state index contributed by atoms with van der Waals surface area (Å²) in [7, 11) is 0. The number of amides is 2. The van der Waals surface area contributed by atoms with Crippen LogP contribution in [0.2, 0.25) is 5.02 Å². The molecule has 0 aliphatic heterocycles. The number of anilines is 2. The average molecular weight is 547 g/mol. The Morgan fingerprint density at radius 2 is 1.45 bits per heavy atom. The number of hydrogen-bond acceptors (Lipinski definition) is 5. The summed E-state index contributed by atoms with van der Waals surface area (Å²) in [4.78, 5) is 37.8. The molecule has 4 rings (SSSR count). The van der Waals surface area contributed by atoms with E-state index in [4.69, 9.17) is 16.3 Å². The molecule has 2 amide bonds. The van der Waals surface area contributed by atoms with Crippen molar-refractivity contribution in [3.05, 3.63) is 119 Å². The maximum absolute atomic E-state index is 13.3. The second kappa shape index (κ2) is 12.8. The average Bonchev–Trinajstić information content (AvgIpc) is 2.93. The number of thioether (sulfide) groups is 1. The molecule has 38 heavy (non-hydrogen) atoms. The number of benzene rings is 4. The highest BCUT2D eigenvalue weighted by Crippen LogP contribution is 2.37. The van der Waals surface area contributed by atoms with E-state index in [-0.39, 0.29) is 29.0 Å². The van der Waals surface area contributed by atoms with Gasteiger partial charge in [0.05, 0.1) is 10.6 Å². The molecular formula is C29H23ClN2O5S. The summed E-state index contributed by atoms with van der Waals surface area (Å²) < 4.78 is 5.47. The molecule has 0 spiro atoms. The third kappa shape index (κ3) is 7.38. The number of nitrogens with one attached hydrogen (secondary N) is 2. The van der Waals surface area contributed by atoms with Crippen LogP contribution in [-0.2, 0) is 9.59 Å². The van der Waals surface area contributed by atoms with E-state index in [2.05, 4.69) is 10.6 Å². The molecule has 0 aromatic heterocycles. The molecule has 0 bridgehead atoms. The predicted molar refractivity (Wildman–Crippen MR) is 149 cm³/mol. The lowest BCUT2D eigenvalue weighted by Gasteiger charge is -2.18. The Kier molecular flexibility index (Phi) is 9.02. The number of carboxylic acid groups (broad SMARTS) is 1. The van der Waals surface area contributed by atoms with Crippen molar-refractivity contribution >= 4 is 52.5 Å². The minimum Gasteiger partial charge on any atom is -0.484 e. The number of carbonyl (C=O) groups excluding carboxylic acids is 2. The third-order valence-electron chi connectivity index (χ3n) is 5.31. The van der Waals surface area contributed by atoms with Gasteiger partial charge in [0.1, 0.15) is 11.0 Å². The summed E-state index contributed by atoms with van der Waals surface area (Å²) in [6.45, 7) is -0.120. The molecule has 7 nitrogen and oxygen atoms in total. The number of carbonyl (C=O) groups is 3. The molecule has 0 heterocycles. The monoisotopic (exact) mass is 546 g/mol. The predicted octanol–water partition coefficient (Wildman–Crippen LogP) is 6.53. The standard InChI is InChI=1S/C29H23ClN2O5S/c30-25-16-13-21(17-24(25)29(35)36)32-28(34)27(19-7-3-1-4-8-19)38-23-14-11-20(12-15-23)31-26(33)18-37-22-9-5-2-6-10-22/h1-17,27H,18H2,(H,31,33)(H,32,34)(H,35,36). The van der Waals surface area contributed by atoms with Crippen molar-refractivity contribution in [2.75, 3.05) is 17.2 Å². The number of carboxylic acids is 1. The molecule has 0 aliphatic carbocycles. The van der Waals surface area contributed by atoms with Gasteiger partial charge >= 0.3 is 5.97 Å². The Morgan fingerprint density at radius 1 is 0.816 bits per heavy atom. The van der Waals surface area contributed by atoms with Crippen LogP contribution in [0, 0.1) is 0 Å². The number of para-hydroxylation sites is 1. The van der Waals surface area contributed by atoms with Crippen LogP contribution in [0.5, 0.6) is 5.75 Å². The van der Waals surface area contributed by atoms with E-state index in [1.807, 2.05) is 60.7 Å². The van der Waals surface area contributed by atoms with Crippen LogP contribution in [0.1, 0.15) is 21.2 Å². The first-order chi connectivity index (χ1) is 18.4. The highest BCUT2D eigenvalue weighted by Gasteiger charge is 2.23. The Balaban J connectivity index is 1.43. The van der Waals surface area contributed by atoms with E-state index in [1.54, 1.807) is 30.3 Å². The van der Waals surface area contributed by atoms with Gasteiger partial charge in [0, 0.05) is 16.3 Å². The molecule has 1 unspecified atom stereocenters. The first kappa shape index (κ1) is 26.8. The lowest BCUT2D eigenvalue weighted by molar-refractivity contribution is -0.118. The Hall–Kier alpha value is -4.27. The first-order valence-corrected chi connectivity index (χ1v) is 12.8. The minimum atomic E-state index is -1.18. The Morgan fingerprint density at radius 3 is 2.11 bits per heavy atom. The van der Waals surface area contributed by atoms with Gasteiger partial charge in [-0.15, -0.1) is 11.8 Å². The first-order valence-electron chi connectivity index (χ1n) is 11.5. The number of hydrogen-bond donors (Lipinski definition) is 3. The van der Waals surface area contributed by atoms with Gasteiger partial charge in [-0.1, -0.05) is 60.1 Å². The summed E-state index contributed by atoms with van der Waals surface area (Å²) in [5, 5.41) is 14.4. The number of halogens is 1. The Bertz CT molecular complexity index is 1420. The van der Waals surface area contributed by atoms with Crippen molar-refractivity contribution in [2.45, 2.75) is 10.1 Å². The van der Waals surface area contributed by atoms with Crippen LogP contribution in [0.4, 0.5) is 11.4 Å². The zero-order chi connectivity index (χ0) is 26.9. The van der Waals surface area contributed by atoms with Crippen molar-refractivity contribution < 1.29 is 24.2 Å². The van der Waals surface area contributed by atoms with E-state index in [9.17, 15) is 19.5 Å². The van der Waals surface area contributed by atoms with Gasteiger partial charge in [-0.3, -0.25) is 9.59 Å². The van der Waals surface area contributed by atoms with Crippen molar-refractivity contribution in [2.24, 2.45) is 0 Å². The molecule has 4 aromatic rings. The van der Waals surface area contributed by atoms with Crippen molar-refractivity contribution in [3.63, 3.8) is 0 Å². The van der Waals surface area contributed by atoms with E-state index in [0.29, 0.717) is 17.1 Å². The lowest BCUT2D eigenvalue weighted by atomic mass is 10.1. The maximum atomic E-state index is 13.3. The summed E-state index contributed by atoms with van der Waals surface area (Å²) in [5.74, 6) is -1.19. The van der Waals surface area contributed by atoms with Gasteiger partial charge < -0.3 is 20.5 Å². The maximum Gasteiger partial charge on any atom is 0.337 e. The molecule has 0 fully saturated rings. The number of aromatic carboxylic acids is 1. The fourth-order valence-corrected chi connectivity index (χ4v) is 4.71. The molecule has 0 saturated heterocycles. The zero-order valence-corrected chi connectivity index (χ0v) is 21.5. The largest absolute Gasteiger partial charge is 0.484 e. The lowest BCUT2D eigenvalue weighted by Crippen LogP contribution is -2.20. The van der Waals surface area contributed by atoms with E-state index >= 15 is 0 Å². The van der Waals surface area contributed by atoms with Crippen LogP contribution in [0.3, 0.4) is 0 Å². The van der Waals surface area contributed by atoms with Gasteiger partial charge in [0.15, 0.2) is 6.61 Å². The highest BCUT2D eigenvalue weighted by atomic mass is 35.5. The smallest absolute Gasteiger partial charge is 0.337 e. The van der Waals surface area contributed by atoms with Crippen LogP contribution >= 0.6 is 23.4 Å². The van der Waals surface area contributed by atoms with Crippen molar-refractivity contribution in [3.8, 4) is 5.75 Å². The number of ether oxygens (including phenoxy) is 1. The summed E-state index contributed by atoms with van der Waals surface area (Å²) >= 11 is 7.28. The summed E-state index contributed by atoms with van der Waals surface area (Å²) in [6.07, 6.45) is 0. The van der Waals surface area contributed by atoms with Crippen LogP contribution in [0.15, 0.2) is 108 Å². The van der Waals surface area contributed by atoms with Crippen molar-refractivity contribution in [1.29, 1.82) is 0 Å².